The van der Waals surface area contributed by atoms with Crippen molar-refractivity contribution in [3.05, 3.63) is 63.6 Å². The minimum atomic E-state index is 0.152. The van der Waals surface area contributed by atoms with E-state index in [0.717, 1.165) is 36.9 Å². The molecule has 6 heteroatoms. The summed E-state index contributed by atoms with van der Waals surface area (Å²) >= 11 is 18.5. The second-order valence-electron chi connectivity index (χ2n) is 6.03. The van der Waals surface area contributed by atoms with Gasteiger partial charge in [-0.1, -0.05) is 35.3 Å². The maximum Gasteiger partial charge on any atom is 0.0992 e. The molecule has 1 saturated heterocycles. The Labute approximate surface area is 163 Å². The zero-order valence-electron chi connectivity index (χ0n) is 13.6. The molecular weight excluding hydrogens is 377 g/mol. The number of rotatable bonds is 4. The summed E-state index contributed by atoms with van der Waals surface area (Å²) in [6, 6.07) is 15.7. The van der Waals surface area contributed by atoms with Crippen LogP contribution in [0.1, 0.15) is 17.2 Å². The van der Waals surface area contributed by atoms with Gasteiger partial charge in [-0.25, -0.2) is 0 Å². The molecule has 1 heterocycles. The van der Waals surface area contributed by atoms with Gasteiger partial charge < -0.3 is 4.90 Å². The lowest BCUT2D eigenvalue weighted by Crippen LogP contribution is -2.49. The Balaban J connectivity index is 1.95. The van der Waals surface area contributed by atoms with Crippen LogP contribution < -0.4 is 4.90 Å². The summed E-state index contributed by atoms with van der Waals surface area (Å²) in [6.45, 7) is 3.49. The van der Waals surface area contributed by atoms with Gasteiger partial charge in [-0.15, -0.1) is 11.6 Å². The van der Waals surface area contributed by atoms with E-state index in [1.807, 2.05) is 24.3 Å². The molecule has 3 rings (SSSR count). The molecule has 1 fully saturated rings. The minimum absolute atomic E-state index is 0.152. The van der Waals surface area contributed by atoms with Crippen LogP contribution in [0.15, 0.2) is 42.5 Å². The SMILES string of the molecule is N#Cc1ccc(N2CCN(CCCl)C[C@H]2c2ccc(Cl)cc2)c(Cl)c1. The first-order valence-corrected chi connectivity index (χ1v) is 9.41. The van der Waals surface area contributed by atoms with Crippen LogP contribution in [0.5, 0.6) is 0 Å². The average Bonchev–Trinajstić information content (AvgIpc) is 2.63. The fourth-order valence-corrected chi connectivity index (χ4v) is 3.88. The quantitative estimate of drug-likeness (QED) is 0.686. The van der Waals surface area contributed by atoms with Gasteiger partial charge >= 0.3 is 0 Å². The van der Waals surface area contributed by atoms with Crippen molar-refractivity contribution < 1.29 is 0 Å². The van der Waals surface area contributed by atoms with Gasteiger partial charge in [-0.2, -0.15) is 5.26 Å². The number of nitriles is 1. The molecule has 0 aromatic heterocycles. The molecule has 0 spiro atoms. The third kappa shape index (κ3) is 4.22. The number of anilines is 1. The Kier molecular flexibility index (Phi) is 6.09. The zero-order valence-corrected chi connectivity index (χ0v) is 15.9. The van der Waals surface area contributed by atoms with Gasteiger partial charge in [0.15, 0.2) is 0 Å². The summed E-state index contributed by atoms with van der Waals surface area (Å²) in [7, 11) is 0. The molecule has 0 N–H and O–H groups in total. The first-order valence-electron chi connectivity index (χ1n) is 8.12. The number of alkyl halides is 1. The molecule has 2 aromatic carbocycles. The molecule has 1 aliphatic heterocycles. The number of hydrogen-bond acceptors (Lipinski definition) is 3. The summed E-state index contributed by atoms with van der Waals surface area (Å²) in [6.07, 6.45) is 0. The van der Waals surface area contributed by atoms with E-state index in [-0.39, 0.29) is 6.04 Å². The number of piperazine rings is 1. The van der Waals surface area contributed by atoms with E-state index in [0.29, 0.717) is 16.5 Å². The van der Waals surface area contributed by atoms with Crippen molar-refractivity contribution in [2.75, 3.05) is 37.0 Å². The molecule has 0 bridgehead atoms. The summed E-state index contributed by atoms with van der Waals surface area (Å²) < 4.78 is 0. The maximum atomic E-state index is 9.06. The highest BCUT2D eigenvalue weighted by Crippen LogP contribution is 2.36. The molecule has 0 aliphatic carbocycles. The van der Waals surface area contributed by atoms with Crippen molar-refractivity contribution in [2.24, 2.45) is 0 Å². The lowest BCUT2D eigenvalue weighted by molar-refractivity contribution is 0.235. The summed E-state index contributed by atoms with van der Waals surface area (Å²) in [5.41, 5.74) is 2.70. The third-order valence-corrected chi connectivity index (χ3v) is 5.23. The fraction of sp³-hybridized carbons (Fsp3) is 0.316. The summed E-state index contributed by atoms with van der Waals surface area (Å²) in [5, 5.41) is 10.4. The van der Waals surface area contributed by atoms with E-state index >= 15 is 0 Å². The zero-order chi connectivity index (χ0) is 17.8. The smallest absolute Gasteiger partial charge is 0.0992 e. The van der Waals surface area contributed by atoms with Crippen molar-refractivity contribution in [3.63, 3.8) is 0 Å². The van der Waals surface area contributed by atoms with Crippen LogP contribution >= 0.6 is 34.8 Å². The second-order valence-corrected chi connectivity index (χ2v) is 7.25. The van der Waals surface area contributed by atoms with E-state index in [2.05, 4.69) is 28.0 Å². The van der Waals surface area contributed by atoms with Gasteiger partial charge in [-0.3, -0.25) is 4.90 Å². The van der Waals surface area contributed by atoms with Gasteiger partial charge in [0.05, 0.1) is 28.4 Å². The second kappa shape index (κ2) is 8.29. The van der Waals surface area contributed by atoms with E-state index in [1.165, 1.54) is 5.56 Å². The molecule has 25 heavy (non-hydrogen) atoms. The lowest BCUT2D eigenvalue weighted by atomic mass is 10.0. The summed E-state index contributed by atoms with van der Waals surface area (Å²) in [5.74, 6) is 0.616. The van der Waals surface area contributed by atoms with Crippen molar-refractivity contribution >= 4 is 40.5 Å². The van der Waals surface area contributed by atoms with Crippen LogP contribution in [0, 0.1) is 11.3 Å². The topological polar surface area (TPSA) is 30.3 Å². The van der Waals surface area contributed by atoms with E-state index in [4.69, 9.17) is 40.1 Å². The normalized spacial score (nSPS) is 18.2. The Morgan fingerprint density at radius 2 is 1.84 bits per heavy atom. The molecule has 130 valence electrons. The predicted octanol–water partition coefficient (Wildman–Crippen LogP) is 4.97. The molecular formula is C19H18Cl3N3. The average molecular weight is 395 g/mol. The number of hydrogen-bond donors (Lipinski definition) is 0. The van der Waals surface area contributed by atoms with Gasteiger partial charge in [0.1, 0.15) is 0 Å². The van der Waals surface area contributed by atoms with Crippen molar-refractivity contribution in [1.29, 1.82) is 5.26 Å². The molecule has 0 radical (unpaired) electrons. The van der Waals surface area contributed by atoms with Gasteiger partial charge in [0.25, 0.3) is 0 Å². The number of nitrogens with zero attached hydrogens (tertiary/aromatic N) is 3. The highest BCUT2D eigenvalue weighted by molar-refractivity contribution is 6.33. The third-order valence-electron chi connectivity index (χ3n) is 4.51. The molecule has 1 atom stereocenters. The monoisotopic (exact) mass is 393 g/mol. The van der Waals surface area contributed by atoms with Crippen LogP contribution in [-0.4, -0.2) is 37.0 Å². The van der Waals surface area contributed by atoms with E-state index in [1.54, 1.807) is 6.07 Å². The van der Waals surface area contributed by atoms with Gasteiger partial charge in [-0.05, 0) is 35.9 Å². The maximum absolute atomic E-state index is 9.06. The standard InChI is InChI=1S/C19H18Cl3N3/c20-7-8-24-9-10-25(18-6-1-14(12-23)11-17(18)22)19(13-24)15-2-4-16(21)5-3-15/h1-6,11,19H,7-10,13H2/t19-/m0/s1. The molecule has 3 nitrogen and oxygen atoms in total. The van der Waals surface area contributed by atoms with Crippen molar-refractivity contribution in [1.82, 2.24) is 4.90 Å². The lowest BCUT2D eigenvalue weighted by Gasteiger charge is -2.43. The van der Waals surface area contributed by atoms with Crippen molar-refractivity contribution in [3.8, 4) is 6.07 Å². The van der Waals surface area contributed by atoms with Crippen LogP contribution in [0.25, 0.3) is 0 Å². The van der Waals surface area contributed by atoms with Crippen LogP contribution in [0.4, 0.5) is 5.69 Å². The molecule has 0 saturated carbocycles. The predicted molar refractivity (Wildman–Crippen MR) is 105 cm³/mol. The largest absolute Gasteiger partial charge is 0.361 e. The van der Waals surface area contributed by atoms with Crippen LogP contribution in [0.3, 0.4) is 0 Å². The first kappa shape index (κ1) is 18.4. The Morgan fingerprint density at radius 1 is 1.08 bits per heavy atom. The Bertz CT molecular complexity index is 770. The molecule has 0 unspecified atom stereocenters. The summed E-state index contributed by atoms with van der Waals surface area (Å²) in [4.78, 5) is 4.66. The van der Waals surface area contributed by atoms with Gasteiger partial charge in [0, 0.05) is 37.1 Å². The fourth-order valence-electron chi connectivity index (χ4n) is 3.23. The molecule has 0 amide bonds. The van der Waals surface area contributed by atoms with Crippen LogP contribution in [0.2, 0.25) is 10.0 Å². The van der Waals surface area contributed by atoms with Gasteiger partial charge in [0.2, 0.25) is 0 Å². The van der Waals surface area contributed by atoms with Crippen molar-refractivity contribution in [2.45, 2.75) is 6.04 Å². The number of benzene rings is 2. The van der Waals surface area contributed by atoms with Crippen LogP contribution in [-0.2, 0) is 0 Å². The first-order chi connectivity index (χ1) is 12.1. The molecule has 2 aromatic rings. The minimum Gasteiger partial charge on any atom is -0.361 e. The number of halogens is 3. The van der Waals surface area contributed by atoms with E-state index < -0.39 is 0 Å². The highest BCUT2D eigenvalue weighted by Gasteiger charge is 2.29. The highest BCUT2D eigenvalue weighted by atomic mass is 35.5. The Hall–Kier alpha value is -1.44. The molecule has 1 aliphatic rings. The van der Waals surface area contributed by atoms with E-state index in [9.17, 15) is 0 Å². The Morgan fingerprint density at radius 3 is 2.48 bits per heavy atom.